The van der Waals surface area contributed by atoms with Gasteiger partial charge in [0.05, 0.1) is 17.7 Å². The van der Waals surface area contributed by atoms with Crippen LogP contribution in [0.15, 0.2) is 41.0 Å². The summed E-state index contributed by atoms with van der Waals surface area (Å²) >= 11 is 0. The van der Waals surface area contributed by atoms with Crippen molar-refractivity contribution in [1.29, 1.82) is 0 Å². The van der Waals surface area contributed by atoms with Crippen LogP contribution in [0.5, 0.6) is 5.75 Å². The summed E-state index contributed by atoms with van der Waals surface area (Å²) in [5.41, 5.74) is 2.16. The van der Waals surface area contributed by atoms with Crippen molar-refractivity contribution in [2.75, 3.05) is 48.0 Å². The molecule has 4 aromatic rings. The summed E-state index contributed by atoms with van der Waals surface area (Å²) in [7, 11) is 1.66. The van der Waals surface area contributed by atoms with Crippen molar-refractivity contribution >= 4 is 40.3 Å². The highest BCUT2D eigenvalue weighted by Gasteiger charge is 2.19. The van der Waals surface area contributed by atoms with Gasteiger partial charge in [0.15, 0.2) is 5.52 Å². The fraction of sp³-hybridized carbons (Fsp3) is 0.516. The van der Waals surface area contributed by atoms with Crippen molar-refractivity contribution in [2.24, 2.45) is 0 Å². The molecule has 0 bridgehead atoms. The lowest BCUT2D eigenvalue weighted by Gasteiger charge is -2.12. The number of non-ortho nitro benzene ring substituents is 1. The number of hydrogen-bond donors (Lipinski definition) is 4. The predicted octanol–water partition coefficient (Wildman–Crippen LogP) is 6.79. The Bertz CT molecular complexity index is 1460. The maximum atomic E-state index is 11.2. The van der Waals surface area contributed by atoms with Gasteiger partial charge in [-0.1, -0.05) is 64.0 Å². The Morgan fingerprint density at radius 3 is 1.87 bits per heavy atom. The number of rotatable bonds is 22. The first-order valence-electron chi connectivity index (χ1n) is 15.8. The van der Waals surface area contributed by atoms with E-state index in [0.717, 1.165) is 56.5 Å². The van der Waals surface area contributed by atoms with Crippen LogP contribution in [-0.2, 0) is 6.54 Å². The van der Waals surface area contributed by atoms with Crippen LogP contribution in [0.3, 0.4) is 0 Å². The maximum Gasteiger partial charge on any atom is 0.300 e. The Morgan fingerprint density at radius 2 is 1.27 bits per heavy atom. The van der Waals surface area contributed by atoms with Crippen LogP contribution in [-0.4, -0.2) is 56.9 Å². The molecule has 0 amide bonds. The van der Waals surface area contributed by atoms with Crippen molar-refractivity contribution in [1.82, 2.24) is 25.3 Å². The third kappa shape index (κ3) is 10.7. The second kappa shape index (κ2) is 18.1. The van der Waals surface area contributed by atoms with Crippen LogP contribution >= 0.6 is 0 Å². The molecule has 0 aliphatic carbocycles. The van der Waals surface area contributed by atoms with E-state index in [2.05, 4.69) is 53.5 Å². The predicted molar refractivity (Wildman–Crippen MR) is 176 cm³/mol. The van der Waals surface area contributed by atoms with Gasteiger partial charge in [0.25, 0.3) is 0 Å². The molecule has 4 N–H and O–H groups in total. The van der Waals surface area contributed by atoms with Gasteiger partial charge < -0.3 is 26.0 Å². The molecule has 14 heteroatoms. The molecule has 0 aliphatic rings. The third-order valence-electron chi connectivity index (χ3n) is 7.35. The first-order valence-corrected chi connectivity index (χ1v) is 15.8. The van der Waals surface area contributed by atoms with E-state index in [-0.39, 0.29) is 11.2 Å². The van der Waals surface area contributed by atoms with E-state index in [9.17, 15) is 10.1 Å². The number of nitrogens with zero attached hydrogens (tertiary/aromatic N) is 6. The van der Waals surface area contributed by atoms with Crippen LogP contribution in [0.4, 0.5) is 29.2 Å². The summed E-state index contributed by atoms with van der Waals surface area (Å²) in [6.07, 6.45) is 11.3. The molecule has 0 saturated carbocycles. The van der Waals surface area contributed by atoms with Crippen LogP contribution in [0.25, 0.3) is 11.0 Å². The van der Waals surface area contributed by atoms with Gasteiger partial charge in [0.2, 0.25) is 23.4 Å². The normalized spacial score (nSPS) is 11.0. The van der Waals surface area contributed by atoms with E-state index in [1.165, 1.54) is 38.2 Å². The Hall–Kier alpha value is -4.75. The minimum atomic E-state index is -0.491. The van der Waals surface area contributed by atoms with Gasteiger partial charge in [-0.15, -0.1) is 0 Å². The van der Waals surface area contributed by atoms with Gasteiger partial charge in [-0.25, -0.2) is 4.63 Å². The van der Waals surface area contributed by atoms with Crippen LogP contribution < -0.4 is 26.0 Å². The lowest BCUT2D eigenvalue weighted by atomic mass is 10.1. The average Bonchev–Trinajstić information content (AvgIpc) is 3.55. The smallest absolute Gasteiger partial charge is 0.300 e. The van der Waals surface area contributed by atoms with E-state index < -0.39 is 4.92 Å². The van der Waals surface area contributed by atoms with Crippen LogP contribution in [0.1, 0.15) is 76.7 Å². The highest BCUT2D eigenvalue weighted by atomic mass is 16.6. The third-order valence-corrected chi connectivity index (χ3v) is 7.35. The zero-order chi connectivity index (χ0) is 31.7. The molecule has 0 saturated heterocycles. The summed E-state index contributed by atoms with van der Waals surface area (Å²) in [5.74, 6) is 2.44. The Kier molecular flexibility index (Phi) is 13.4. The van der Waals surface area contributed by atoms with Crippen molar-refractivity contribution < 1.29 is 14.3 Å². The lowest BCUT2D eigenvalue weighted by molar-refractivity contribution is -0.383. The topological polar surface area (TPSA) is 178 Å². The molecule has 0 atom stereocenters. The van der Waals surface area contributed by atoms with Crippen molar-refractivity contribution in [3.05, 3.63) is 52.1 Å². The van der Waals surface area contributed by atoms with Crippen LogP contribution in [0, 0.1) is 10.1 Å². The Morgan fingerprint density at radius 1 is 0.711 bits per heavy atom. The summed E-state index contributed by atoms with van der Waals surface area (Å²) in [4.78, 5) is 24.5. The number of ether oxygens (including phenoxy) is 1. The molecule has 0 fully saturated rings. The molecule has 242 valence electrons. The van der Waals surface area contributed by atoms with Crippen molar-refractivity contribution in [3.63, 3.8) is 0 Å². The van der Waals surface area contributed by atoms with Crippen LogP contribution in [0.2, 0.25) is 0 Å². The van der Waals surface area contributed by atoms with Gasteiger partial charge in [-0.3, -0.25) is 10.1 Å². The molecule has 0 unspecified atom stereocenters. The number of benzene rings is 2. The molecule has 0 aliphatic heterocycles. The lowest BCUT2D eigenvalue weighted by Crippen LogP contribution is -2.14. The summed E-state index contributed by atoms with van der Waals surface area (Å²) in [6, 6.07) is 10.9. The Labute approximate surface area is 263 Å². The van der Waals surface area contributed by atoms with E-state index in [1.807, 2.05) is 24.3 Å². The average molecular weight is 621 g/mol. The van der Waals surface area contributed by atoms with Gasteiger partial charge >= 0.3 is 5.69 Å². The fourth-order valence-electron chi connectivity index (χ4n) is 4.81. The minimum absolute atomic E-state index is 0.122. The van der Waals surface area contributed by atoms with Gasteiger partial charge in [0.1, 0.15) is 5.75 Å². The quantitative estimate of drug-likeness (QED) is 0.0410. The number of anilines is 4. The summed E-state index contributed by atoms with van der Waals surface area (Å²) in [6.45, 7) is 5.07. The zero-order valence-corrected chi connectivity index (χ0v) is 26.2. The van der Waals surface area contributed by atoms with Gasteiger partial charge in [-0.05, 0) is 53.3 Å². The zero-order valence-electron chi connectivity index (χ0n) is 26.2. The maximum absolute atomic E-state index is 11.2. The SMILES string of the molecule is CCCCCCCCNc1nc(NCCCCCCNc2ccc([N+](=O)[O-])c3nonc23)nc(NCc2ccc(OC)cc2)n1. The van der Waals surface area contributed by atoms with Crippen molar-refractivity contribution in [3.8, 4) is 5.75 Å². The number of nitro groups is 1. The standard InChI is InChI=1S/C31H44N10O4/c1-3-4-5-6-7-11-20-33-29-36-30(38-31(37-29)35-22-23-13-15-24(44-2)16-14-23)34-21-12-9-8-10-19-32-25-17-18-26(41(42)43)28-27(25)39-45-40-28/h13-18,32H,3-12,19-22H2,1-2H3,(H3,33,34,35,36,37,38). The second-order valence-corrected chi connectivity index (χ2v) is 10.8. The minimum Gasteiger partial charge on any atom is -0.497 e. The number of hydrogen-bond acceptors (Lipinski definition) is 13. The van der Waals surface area contributed by atoms with E-state index in [4.69, 9.17) is 9.37 Å². The fourth-order valence-corrected chi connectivity index (χ4v) is 4.81. The molecule has 2 heterocycles. The number of fused-ring (bicyclic) bond motifs is 1. The van der Waals surface area contributed by atoms with Crippen molar-refractivity contribution in [2.45, 2.75) is 77.7 Å². The number of nitro benzene ring substituents is 1. The molecule has 4 rings (SSSR count). The molecule has 2 aromatic heterocycles. The van der Waals surface area contributed by atoms with E-state index >= 15 is 0 Å². The van der Waals surface area contributed by atoms with Gasteiger partial charge in [0, 0.05) is 32.2 Å². The monoisotopic (exact) mass is 620 g/mol. The first kappa shape index (κ1) is 33.1. The molecule has 14 nitrogen and oxygen atoms in total. The van der Waals surface area contributed by atoms with E-state index in [1.54, 1.807) is 13.2 Å². The molecule has 0 spiro atoms. The number of nitrogens with one attached hydrogen (secondary N) is 4. The van der Waals surface area contributed by atoms with E-state index in [0.29, 0.717) is 42.1 Å². The molecule has 2 aromatic carbocycles. The highest BCUT2D eigenvalue weighted by molar-refractivity contribution is 5.93. The molecule has 0 radical (unpaired) electrons. The number of unbranched alkanes of at least 4 members (excludes halogenated alkanes) is 8. The Balaban J connectivity index is 1.21. The first-order chi connectivity index (χ1) is 22.1. The van der Waals surface area contributed by atoms with Gasteiger partial charge in [-0.2, -0.15) is 15.0 Å². The highest BCUT2D eigenvalue weighted by Crippen LogP contribution is 2.28. The number of aromatic nitrogens is 5. The number of methoxy groups -OCH3 is 1. The molecule has 45 heavy (non-hydrogen) atoms. The molecular weight excluding hydrogens is 576 g/mol. The summed E-state index contributed by atoms with van der Waals surface area (Å²) < 4.78 is 9.98. The second-order valence-electron chi connectivity index (χ2n) is 10.8. The largest absolute Gasteiger partial charge is 0.497 e. The summed E-state index contributed by atoms with van der Waals surface area (Å²) in [5, 5.41) is 32.0. The molecular formula is C31H44N10O4.